The fourth-order valence-corrected chi connectivity index (χ4v) is 3.68. The zero-order valence-electron chi connectivity index (χ0n) is 12.0. The third-order valence-electron chi connectivity index (χ3n) is 4.94. The molecule has 1 aromatic heterocycles. The summed E-state index contributed by atoms with van der Waals surface area (Å²) in [5.74, 6) is 1.63. The number of nitrogens with zero attached hydrogens (tertiary/aromatic N) is 1. The highest BCUT2D eigenvalue weighted by atomic mass is 16.5. The van der Waals surface area contributed by atoms with Gasteiger partial charge in [0.2, 0.25) is 0 Å². The van der Waals surface area contributed by atoms with Crippen LogP contribution in [0.5, 0.6) is 5.75 Å². The van der Waals surface area contributed by atoms with E-state index in [2.05, 4.69) is 23.2 Å². The van der Waals surface area contributed by atoms with Crippen LogP contribution in [0.25, 0.3) is 10.9 Å². The molecule has 2 heterocycles. The van der Waals surface area contributed by atoms with E-state index in [0.29, 0.717) is 11.3 Å². The summed E-state index contributed by atoms with van der Waals surface area (Å²) in [6.07, 6.45) is 2.41. The maximum atomic E-state index is 5.58. The van der Waals surface area contributed by atoms with Crippen molar-refractivity contribution in [3.05, 3.63) is 35.5 Å². The summed E-state index contributed by atoms with van der Waals surface area (Å²) in [7, 11) is 1.73. The number of hydrogen-bond donors (Lipinski definition) is 0. The molecular formula is C17H19NO2. The van der Waals surface area contributed by atoms with Crippen LogP contribution in [0.15, 0.2) is 24.3 Å². The first kappa shape index (κ1) is 12.2. The molecule has 1 saturated carbocycles. The highest BCUT2D eigenvalue weighted by Gasteiger charge is 2.56. The van der Waals surface area contributed by atoms with Crippen LogP contribution in [-0.4, -0.2) is 25.3 Å². The summed E-state index contributed by atoms with van der Waals surface area (Å²) in [5, 5.41) is 1.13. The van der Waals surface area contributed by atoms with Crippen molar-refractivity contribution in [2.24, 2.45) is 5.92 Å². The summed E-state index contributed by atoms with van der Waals surface area (Å²) in [5.41, 5.74) is 3.81. The second-order valence-electron chi connectivity index (χ2n) is 6.08. The van der Waals surface area contributed by atoms with Gasteiger partial charge >= 0.3 is 0 Å². The Kier molecular flexibility index (Phi) is 2.55. The van der Waals surface area contributed by atoms with E-state index in [1.807, 2.05) is 13.0 Å². The van der Waals surface area contributed by atoms with Crippen LogP contribution in [0.2, 0.25) is 0 Å². The third-order valence-corrected chi connectivity index (χ3v) is 4.94. The Labute approximate surface area is 118 Å². The lowest BCUT2D eigenvalue weighted by molar-refractivity contribution is 0.0803. The predicted molar refractivity (Wildman–Crippen MR) is 78.3 cm³/mol. The average molecular weight is 269 g/mol. The average Bonchev–Trinajstić information content (AvgIpc) is 3.21. The second-order valence-corrected chi connectivity index (χ2v) is 6.08. The van der Waals surface area contributed by atoms with Gasteiger partial charge in [-0.2, -0.15) is 0 Å². The zero-order valence-corrected chi connectivity index (χ0v) is 12.0. The molecule has 1 aliphatic heterocycles. The quantitative estimate of drug-likeness (QED) is 0.838. The van der Waals surface area contributed by atoms with E-state index in [9.17, 15) is 0 Å². The van der Waals surface area contributed by atoms with Gasteiger partial charge in [0.05, 0.1) is 19.2 Å². The first-order valence-corrected chi connectivity index (χ1v) is 7.26. The van der Waals surface area contributed by atoms with Gasteiger partial charge in [-0.15, -0.1) is 0 Å². The van der Waals surface area contributed by atoms with E-state index < -0.39 is 0 Å². The fraction of sp³-hybridized carbons (Fsp3) is 0.471. The van der Waals surface area contributed by atoms with Crippen molar-refractivity contribution in [1.82, 2.24) is 4.98 Å². The topological polar surface area (TPSA) is 31.4 Å². The molecule has 0 amide bonds. The molecule has 104 valence electrons. The van der Waals surface area contributed by atoms with Crippen LogP contribution in [-0.2, 0) is 10.2 Å². The molecule has 2 aromatic rings. The lowest BCUT2D eigenvalue weighted by Crippen LogP contribution is -2.21. The summed E-state index contributed by atoms with van der Waals surface area (Å²) < 4.78 is 11.1. The van der Waals surface area contributed by atoms with Crippen LogP contribution in [0, 0.1) is 12.8 Å². The zero-order chi connectivity index (χ0) is 13.7. The van der Waals surface area contributed by atoms with E-state index in [0.717, 1.165) is 42.0 Å². The Morgan fingerprint density at radius 2 is 2.25 bits per heavy atom. The summed E-state index contributed by atoms with van der Waals surface area (Å²) in [6, 6.07) is 8.68. The highest BCUT2D eigenvalue weighted by molar-refractivity contribution is 5.86. The number of aromatic nitrogens is 1. The summed E-state index contributed by atoms with van der Waals surface area (Å²) in [4.78, 5) is 4.60. The van der Waals surface area contributed by atoms with Gasteiger partial charge in [0.1, 0.15) is 5.75 Å². The number of aryl methyl sites for hydroxylation is 1. The lowest BCUT2D eigenvalue weighted by Gasteiger charge is -2.23. The van der Waals surface area contributed by atoms with Gasteiger partial charge in [-0.25, -0.2) is 0 Å². The van der Waals surface area contributed by atoms with Crippen molar-refractivity contribution < 1.29 is 9.47 Å². The molecule has 0 radical (unpaired) electrons. The maximum Gasteiger partial charge on any atom is 0.130 e. The van der Waals surface area contributed by atoms with Crippen molar-refractivity contribution in [2.45, 2.75) is 25.2 Å². The van der Waals surface area contributed by atoms with Gasteiger partial charge in [-0.3, -0.25) is 4.98 Å². The number of methoxy groups -OCH3 is 1. The van der Waals surface area contributed by atoms with Crippen LogP contribution in [0.3, 0.4) is 0 Å². The van der Waals surface area contributed by atoms with E-state index in [1.54, 1.807) is 7.11 Å². The Hall–Kier alpha value is -1.61. The molecule has 2 aliphatic rings. The van der Waals surface area contributed by atoms with E-state index >= 15 is 0 Å². The van der Waals surface area contributed by atoms with Gasteiger partial charge in [0.25, 0.3) is 0 Å². The standard InChI is InChI=1S/C17H19NO2/c1-11-7-16(19-2)14-8-12(3-4-15(14)18-11)17-5-6-20-10-13(17)9-17/h3-4,7-8,13H,5-6,9-10H2,1-2H3. The van der Waals surface area contributed by atoms with Gasteiger partial charge in [-0.05, 0) is 43.4 Å². The highest BCUT2D eigenvalue weighted by Crippen LogP contribution is 2.59. The maximum absolute atomic E-state index is 5.58. The molecule has 1 aromatic carbocycles. The first-order valence-electron chi connectivity index (χ1n) is 7.26. The van der Waals surface area contributed by atoms with Gasteiger partial charge in [0, 0.05) is 29.2 Å². The summed E-state index contributed by atoms with van der Waals surface area (Å²) >= 11 is 0. The number of rotatable bonds is 2. The van der Waals surface area contributed by atoms with Crippen molar-refractivity contribution >= 4 is 10.9 Å². The normalized spacial score (nSPS) is 28.2. The number of benzene rings is 1. The molecule has 0 N–H and O–H groups in total. The molecule has 0 bridgehead atoms. The molecule has 3 heteroatoms. The largest absolute Gasteiger partial charge is 0.496 e. The van der Waals surface area contributed by atoms with Crippen LogP contribution in [0.1, 0.15) is 24.1 Å². The number of fused-ring (bicyclic) bond motifs is 2. The van der Waals surface area contributed by atoms with Crippen LogP contribution in [0.4, 0.5) is 0 Å². The lowest BCUT2D eigenvalue weighted by atomic mass is 9.88. The van der Waals surface area contributed by atoms with Crippen LogP contribution < -0.4 is 4.74 Å². The molecule has 1 saturated heterocycles. The Morgan fingerprint density at radius 1 is 1.35 bits per heavy atom. The van der Waals surface area contributed by atoms with Gasteiger partial charge in [-0.1, -0.05) is 6.07 Å². The molecule has 4 rings (SSSR count). The molecule has 3 nitrogen and oxygen atoms in total. The van der Waals surface area contributed by atoms with Crippen molar-refractivity contribution in [3.8, 4) is 5.75 Å². The van der Waals surface area contributed by atoms with Crippen molar-refractivity contribution in [2.75, 3.05) is 20.3 Å². The first-order chi connectivity index (χ1) is 9.73. The second kappa shape index (κ2) is 4.19. The molecular weight excluding hydrogens is 250 g/mol. The fourth-order valence-electron chi connectivity index (χ4n) is 3.68. The third kappa shape index (κ3) is 1.66. The Bertz CT molecular complexity index is 682. The minimum absolute atomic E-state index is 0.363. The number of pyridine rings is 1. The molecule has 20 heavy (non-hydrogen) atoms. The SMILES string of the molecule is COc1cc(C)nc2ccc(C34CCOCC3C4)cc12. The molecule has 2 atom stereocenters. The number of ether oxygens (including phenoxy) is 2. The molecule has 2 unspecified atom stereocenters. The molecule has 2 fully saturated rings. The van der Waals surface area contributed by atoms with E-state index in [-0.39, 0.29) is 0 Å². The van der Waals surface area contributed by atoms with E-state index in [4.69, 9.17) is 9.47 Å². The van der Waals surface area contributed by atoms with Gasteiger partial charge in [0.15, 0.2) is 0 Å². The minimum Gasteiger partial charge on any atom is -0.496 e. The monoisotopic (exact) mass is 269 g/mol. The predicted octanol–water partition coefficient (Wildman–Crippen LogP) is 3.23. The molecule has 1 aliphatic carbocycles. The van der Waals surface area contributed by atoms with Crippen molar-refractivity contribution in [1.29, 1.82) is 0 Å². The summed E-state index contributed by atoms with van der Waals surface area (Å²) in [6.45, 7) is 3.81. The van der Waals surface area contributed by atoms with Gasteiger partial charge < -0.3 is 9.47 Å². The molecule has 0 spiro atoms. The van der Waals surface area contributed by atoms with Crippen LogP contribution >= 0.6 is 0 Å². The Morgan fingerprint density at radius 3 is 3.05 bits per heavy atom. The smallest absolute Gasteiger partial charge is 0.130 e. The minimum atomic E-state index is 0.363. The Balaban J connectivity index is 1.85. The van der Waals surface area contributed by atoms with Crippen molar-refractivity contribution in [3.63, 3.8) is 0 Å². The number of hydrogen-bond acceptors (Lipinski definition) is 3. The van der Waals surface area contributed by atoms with E-state index in [1.165, 1.54) is 12.0 Å².